The van der Waals surface area contributed by atoms with Gasteiger partial charge in [-0.15, -0.1) is 0 Å². The Morgan fingerprint density at radius 1 is 1.42 bits per heavy atom. The molecule has 9 nitrogen and oxygen atoms in total. The van der Waals surface area contributed by atoms with E-state index in [1.807, 2.05) is 0 Å². The van der Waals surface area contributed by atoms with Crippen molar-refractivity contribution in [1.29, 1.82) is 0 Å². The summed E-state index contributed by atoms with van der Waals surface area (Å²) in [4.78, 5) is 16.0. The van der Waals surface area contributed by atoms with E-state index in [1.165, 1.54) is 50.4 Å². The maximum Gasteiger partial charge on any atom is 0.251 e. The predicted octanol–water partition coefficient (Wildman–Crippen LogP) is 0.244. The molecule has 0 aliphatic heterocycles. The molecule has 0 radical (unpaired) electrons. The molecule has 0 atom stereocenters. The lowest BCUT2D eigenvalue weighted by Gasteiger charge is -2.11. The maximum absolute atomic E-state index is 12.2. The summed E-state index contributed by atoms with van der Waals surface area (Å²) in [6, 6.07) is 4.23. The number of carbonyl (C=O) groups is 1. The summed E-state index contributed by atoms with van der Waals surface area (Å²) < 4.78 is 31.3. The molecule has 0 aliphatic carbocycles. The molecule has 130 valence electrons. The van der Waals surface area contributed by atoms with Crippen molar-refractivity contribution in [3.05, 3.63) is 30.1 Å². The minimum absolute atomic E-state index is 0.0869. The summed E-state index contributed by atoms with van der Waals surface area (Å²) in [7, 11) is -1.07. The van der Waals surface area contributed by atoms with Crippen LogP contribution < -0.4 is 14.8 Å². The highest BCUT2D eigenvalue weighted by molar-refractivity contribution is 7.99. The van der Waals surface area contributed by atoms with Gasteiger partial charge in [0.15, 0.2) is 5.16 Å². The van der Waals surface area contributed by atoms with Gasteiger partial charge in [-0.2, -0.15) is 5.10 Å². The van der Waals surface area contributed by atoms with Crippen molar-refractivity contribution in [3.63, 3.8) is 0 Å². The zero-order valence-electron chi connectivity index (χ0n) is 13.1. The average molecular weight is 371 g/mol. The number of methoxy groups -OCH3 is 1. The Bertz CT molecular complexity index is 793. The number of aromatic nitrogens is 3. The van der Waals surface area contributed by atoms with E-state index in [4.69, 9.17) is 4.74 Å². The van der Waals surface area contributed by atoms with Crippen LogP contribution in [-0.4, -0.2) is 56.0 Å². The van der Waals surface area contributed by atoms with Crippen LogP contribution in [0.5, 0.6) is 5.75 Å². The van der Waals surface area contributed by atoms with Crippen LogP contribution in [0.15, 0.2) is 34.6 Å². The molecular formula is C13H17N5O4S2. The lowest BCUT2D eigenvalue weighted by atomic mass is 10.2. The number of H-pyrrole nitrogens is 1. The molecule has 0 aliphatic rings. The average Bonchev–Trinajstić information content (AvgIpc) is 3.11. The second-order valence-corrected chi connectivity index (χ2v) is 7.41. The van der Waals surface area contributed by atoms with Gasteiger partial charge in [0.05, 0.1) is 7.11 Å². The minimum Gasteiger partial charge on any atom is -0.495 e. The van der Waals surface area contributed by atoms with Crippen LogP contribution in [0.25, 0.3) is 0 Å². The summed E-state index contributed by atoms with van der Waals surface area (Å²) in [6.45, 7) is 0.393. The van der Waals surface area contributed by atoms with Crippen LogP contribution in [-0.2, 0) is 10.0 Å². The van der Waals surface area contributed by atoms with Crippen molar-refractivity contribution in [1.82, 2.24) is 25.2 Å². The summed E-state index contributed by atoms with van der Waals surface area (Å²) in [5, 5.41) is 9.80. The molecule has 11 heteroatoms. The number of ether oxygens (including phenoxy) is 1. The molecule has 3 N–H and O–H groups in total. The Morgan fingerprint density at radius 3 is 2.83 bits per heavy atom. The zero-order chi connectivity index (χ0) is 17.6. The Morgan fingerprint density at radius 2 is 2.21 bits per heavy atom. The van der Waals surface area contributed by atoms with Crippen molar-refractivity contribution >= 4 is 27.7 Å². The molecule has 0 unspecified atom stereocenters. The fourth-order valence-corrected chi connectivity index (χ4v) is 3.37. The molecule has 1 heterocycles. The van der Waals surface area contributed by atoms with Gasteiger partial charge in [-0.1, -0.05) is 11.8 Å². The van der Waals surface area contributed by atoms with Crippen LogP contribution in [0.4, 0.5) is 0 Å². The number of nitrogens with one attached hydrogen (secondary N) is 3. The number of amides is 1. The third kappa shape index (κ3) is 4.46. The Hall–Kier alpha value is -2.11. The molecule has 0 spiro atoms. The first-order valence-electron chi connectivity index (χ1n) is 6.86. The van der Waals surface area contributed by atoms with Crippen molar-refractivity contribution in [2.24, 2.45) is 0 Å². The third-order valence-electron chi connectivity index (χ3n) is 3.00. The van der Waals surface area contributed by atoms with Crippen molar-refractivity contribution in [3.8, 4) is 5.75 Å². The van der Waals surface area contributed by atoms with Gasteiger partial charge in [-0.25, -0.2) is 18.1 Å². The highest BCUT2D eigenvalue weighted by Crippen LogP contribution is 2.24. The SMILES string of the molecule is CNS(=O)(=O)c1cc(C(=O)NCCSc2ncn[nH]2)ccc1OC. The summed E-state index contributed by atoms with van der Waals surface area (Å²) >= 11 is 1.41. The van der Waals surface area contributed by atoms with Crippen molar-refractivity contribution in [2.75, 3.05) is 26.5 Å². The van der Waals surface area contributed by atoms with Gasteiger partial charge in [0.2, 0.25) is 10.0 Å². The topological polar surface area (TPSA) is 126 Å². The fraction of sp³-hybridized carbons (Fsp3) is 0.308. The van der Waals surface area contributed by atoms with E-state index in [0.717, 1.165) is 0 Å². The van der Waals surface area contributed by atoms with E-state index in [-0.39, 0.29) is 22.1 Å². The Kier molecular flexibility index (Phi) is 6.17. The van der Waals surface area contributed by atoms with E-state index in [1.54, 1.807) is 0 Å². The van der Waals surface area contributed by atoms with Crippen molar-refractivity contribution < 1.29 is 17.9 Å². The Labute approximate surface area is 143 Å². The number of hydrogen-bond donors (Lipinski definition) is 3. The van der Waals surface area contributed by atoms with Gasteiger partial charge in [0, 0.05) is 17.9 Å². The number of carbonyl (C=O) groups excluding carboxylic acids is 1. The van der Waals surface area contributed by atoms with Gasteiger partial charge >= 0.3 is 0 Å². The molecule has 0 bridgehead atoms. The molecule has 1 aromatic heterocycles. The van der Waals surface area contributed by atoms with Gasteiger partial charge in [0.1, 0.15) is 17.0 Å². The van der Waals surface area contributed by atoms with Gasteiger partial charge in [0.25, 0.3) is 5.91 Å². The van der Waals surface area contributed by atoms with E-state index in [9.17, 15) is 13.2 Å². The maximum atomic E-state index is 12.2. The predicted molar refractivity (Wildman–Crippen MR) is 88.7 cm³/mol. The van der Waals surface area contributed by atoms with Gasteiger partial charge in [-0.05, 0) is 25.2 Å². The number of rotatable bonds is 8. The van der Waals surface area contributed by atoms with Gasteiger partial charge in [-0.3, -0.25) is 9.89 Å². The number of nitrogens with zero attached hydrogens (tertiary/aromatic N) is 2. The standard InChI is InChI=1S/C13H17N5O4S2/c1-14-24(20,21)11-7-9(3-4-10(11)22-2)12(19)15-5-6-23-13-16-8-17-18-13/h3-4,7-8,14H,5-6H2,1-2H3,(H,15,19)(H,16,17,18). The number of benzene rings is 1. The first-order chi connectivity index (χ1) is 11.5. The van der Waals surface area contributed by atoms with Crippen LogP contribution >= 0.6 is 11.8 Å². The third-order valence-corrected chi connectivity index (χ3v) is 5.32. The number of sulfonamides is 1. The number of thioether (sulfide) groups is 1. The lowest BCUT2D eigenvalue weighted by molar-refractivity contribution is 0.0956. The molecule has 0 saturated carbocycles. The fourth-order valence-electron chi connectivity index (χ4n) is 1.82. The van der Waals surface area contributed by atoms with Gasteiger partial charge < -0.3 is 10.1 Å². The monoisotopic (exact) mass is 371 g/mol. The molecular weight excluding hydrogens is 354 g/mol. The van der Waals surface area contributed by atoms with E-state index < -0.39 is 10.0 Å². The second kappa shape index (κ2) is 8.13. The van der Waals surface area contributed by atoms with Crippen LogP contribution in [0.1, 0.15) is 10.4 Å². The quantitative estimate of drug-likeness (QED) is 0.448. The number of hydrogen-bond acceptors (Lipinski definition) is 7. The summed E-state index contributed by atoms with van der Waals surface area (Å²) in [5.41, 5.74) is 0.231. The molecule has 2 aromatic rings. The highest BCUT2D eigenvalue weighted by Gasteiger charge is 2.20. The molecule has 1 aromatic carbocycles. The minimum atomic E-state index is -3.73. The summed E-state index contributed by atoms with van der Waals surface area (Å²) in [5.74, 6) is 0.392. The highest BCUT2D eigenvalue weighted by atomic mass is 32.2. The van der Waals surface area contributed by atoms with E-state index in [2.05, 4.69) is 25.2 Å². The Balaban J connectivity index is 2.02. The van der Waals surface area contributed by atoms with E-state index >= 15 is 0 Å². The molecule has 0 saturated heterocycles. The zero-order valence-corrected chi connectivity index (χ0v) is 14.7. The number of aromatic amines is 1. The molecule has 24 heavy (non-hydrogen) atoms. The van der Waals surface area contributed by atoms with Crippen LogP contribution in [0, 0.1) is 0 Å². The normalized spacial score (nSPS) is 11.2. The van der Waals surface area contributed by atoms with E-state index in [0.29, 0.717) is 17.5 Å². The largest absolute Gasteiger partial charge is 0.495 e. The second-order valence-electron chi connectivity index (χ2n) is 4.47. The first kappa shape index (κ1) is 18.2. The van der Waals surface area contributed by atoms with Crippen LogP contribution in [0.3, 0.4) is 0 Å². The van der Waals surface area contributed by atoms with Crippen molar-refractivity contribution in [2.45, 2.75) is 10.1 Å². The van der Waals surface area contributed by atoms with Crippen LogP contribution in [0.2, 0.25) is 0 Å². The molecule has 0 fully saturated rings. The summed E-state index contributed by atoms with van der Waals surface area (Å²) in [6.07, 6.45) is 1.40. The molecule has 2 rings (SSSR count). The molecule has 1 amide bonds. The smallest absolute Gasteiger partial charge is 0.251 e. The first-order valence-corrected chi connectivity index (χ1v) is 9.32. The lowest BCUT2D eigenvalue weighted by Crippen LogP contribution is -2.26.